The van der Waals surface area contributed by atoms with Crippen LogP contribution in [0.3, 0.4) is 0 Å². The van der Waals surface area contributed by atoms with Gasteiger partial charge in [0.25, 0.3) is 0 Å². The van der Waals surface area contributed by atoms with E-state index >= 15 is 0 Å². The lowest BCUT2D eigenvalue weighted by Crippen LogP contribution is -2.39. The molecule has 0 amide bonds. The number of thiazole rings is 1. The summed E-state index contributed by atoms with van der Waals surface area (Å²) >= 11 is 2.00. The summed E-state index contributed by atoms with van der Waals surface area (Å²) in [5.41, 5.74) is 1.59. The second-order valence-electron chi connectivity index (χ2n) is 6.66. The summed E-state index contributed by atoms with van der Waals surface area (Å²) in [6.07, 6.45) is 13.2. The standard InChI is InChI=1S/C17H28N2S/c1-3-6-13-7-5-11-17(18-2,12-10-13)16-19-14-8-4-9-15(14)20-16/h13,18H,3-12H2,1-2H3. The van der Waals surface area contributed by atoms with E-state index in [1.807, 2.05) is 11.3 Å². The molecule has 2 unspecified atom stereocenters. The molecule has 2 aliphatic carbocycles. The van der Waals surface area contributed by atoms with E-state index in [0.717, 1.165) is 5.92 Å². The van der Waals surface area contributed by atoms with Crippen molar-refractivity contribution in [3.05, 3.63) is 15.6 Å². The lowest BCUT2D eigenvalue weighted by Gasteiger charge is -2.30. The smallest absolute Gasteiger partial charge is 0.113 e. The highest BCUT2D eigenvalue weighted by Crippen LogP contribution is 2.42. The SMILES string of the molecule is CCCC1CCCC(NC)(c2nc3c(s2)CCC3)CC1. The van der Waals surface area contributed by atoms with Crippen molar-refractivity contribution in [2.45, 2.75) is 76.7 Å². The number of hydrogen-bond donors (Lipinski definition) is 1. The minimum absolute atomic E-state index is 0.178. The van der Waals surface area contributed by atoms with Crippen LogP contribution in [0.4, 0.5) is 0 Å². The van der Waals surface area contributed by atoms with Crippen LogP contribution in [-0.4, -0.2) is 12.0 Å². The van der Waals surface area contributed by atoms with Crippen LogP contribution in [0.5, 0.6) is 0 Å². The van der Waals surface area contributed by atoms with Crippen molar-refractivity contribution in [1.82, 2.24) is 10.3 Å². The summed E-state index contributed by atoms with van der Waals surface area (Å²) in [6, 6.07) is 0. The van der Waals surface area contributed by atoms with Gasteiger partial charge in [-0.15, -0.1) is 11.3 Å². The highest BCUT2D eigenvalue weighted by Gasteiger charge is 2.37. The van der Waals surface area contributed by atoms with Crippen LogP contribution in [-0.2, 0) is 18.4 Å². The van der Waals surface area contributed by atoms with Gasteiger partial charge in [0, 0.05) is 4.88 Å². The Labute approximate surface area is 127 Å². The molecule has 1 aromatic rings. The van der Waals surface area contributed by atoms with Crippen molar-refractivity contribution in [3.8, 4) is 0 Å². The third-order valence-corrected chi connectivity index (χ3v) is 6.74. The van der Waals surface area contributed by atoms with Gasteiger partial charge in [-0.2, -0.15) is 0 Å². The van der Waals surface area contributed by atoms with Gasteiger partial charge in [-0.25, -0.2) is 4.98 Å². The summed E-state index contributed by atoms with van der Waals surface area (Å²) in [4.78, 5) is 6.60. The topological polar surface area (TPSA) is 24.9 Å². The third kappa shape index (κ3) is 2.67. The molecule has 1 fully saturated rings. The lowest BCUT2D eigenvalue weighted by atomic mass is 9.89. The summed E-state index contributed by atoms with van der Waals surface area (Å²) in [5, 5.41) is 5.06. The summed E-state index contributed by atoms with van der Waals surface area (Å²) in [6.45, 7) is 2.32. The third-order valence-electron chi connectivity index (χ3n) is 5.38. The number of nitrogens with one attached hydrogen (secondary N) is 1. The molecule has 1 heterocycles. The Kier molecular flexibility index (Phi) is 4.46. The Balaban J connectivity index is 1.79. The average Bonchev–Trinajstić information content (AvgIpc) is 2.98. The minimum atomic E-state index is 0.178. The molecule has 2 nitrogen and oxygen atoms in total. The molecule has 3 rings (SSSR count). The molecule has 2 atom stereocenters. The number of rotatable bonds is 4. The normalized spacial score (nSPS) is 30.2. The van der Waals surface area contributed by atoms with Crippen molar-refractivity contribution in [1.29, 1.82) is 0 Å². The molecule has 20 heavy (non-hydrogen) atoms. The molecule has 1 N–H and O–H groups in total. The first-order chi connectivity index (χ1) is 9.77. The fraction of sp³-hybridized carbons (Fsp3) is 0.824. The van der Waals surface area contributed by atoms with E-state index in [1.54, 1.807) is 4.88 Å². The number of aryl methyl sites for hydroxylation is 2. The summed E-state index contributed by atoms with van der Waals surface area (Å²) in [5.74, 6) is 0.946. The van der Waals surface area contributed by atoms with Crippen LogP contribution in [0.1, 0.15) is 73.9 Å². The van der Waals surface area contributed by atoms with Crippen molar-refractivity contribution < 1.29 is 0 Å². The first-order valence-electron chi connectivity index (χ1n) is 8.45. The Morgan fingerprint density at radius 2 is 2.15 bits per heavy atom. The van der Waals surface area contributed by atoms with Gasteiger partial charge in [-0.3, -0.25) is 0 Å². The van der Waals surface area contributed by atoms with Crippen LogP contribution in [0.2, 0.25) is 0 Å². The van der Waals surface area contributed by atoms with E-state index in [-0.39, 0.29) is 5.54 Å². The molecule has 3 heteroatoms. The van der Waals surface area contributed by atoms with Crippen molar-refractivity contribution in [2.24, 2.45) is 5.92 Å². The fourth-order valence-electron chi connectivity index (χ4n) is 4.08. The molecule has 0 bridgehead atoms. The first-order valence-corrected chi connectivity index (χ1v) is 9.27. The molecule has 0 radical (unpaired) electrons. The number of fused-ring (bicyclic) bond motifs is 1. The number of aromatic nitrogens is 1. The molecule has 112 valence electrons. The highest BCUT2D eigenvalue weighted by molar-refractivity contribution is 7.12. The number of nitrogens with zero attached hydrogens (tertiary/aromatic N) is 1. The Hall–Kier alpha value is -0.410. The Morgan fingerprint density at radius 1 is 1.25 bits per heavy atom. The van der Waals surface area contributed by atoms with E-state index in [9.17, 15) is 0 Å². The van der Waals surface area contributed by atoms with E-state index < -0.39 is 0 Å². The molecule has 1 saturated carbocycles. The van der Waals surface area contributed by atoms with Gasteiger partial charge in [-0.05, 0) is 51.5 Å². The molecule has 0 saturated heterocycles. The zero-order valence-electron chi connectivity index (χ0n) is 13.0. The van der Waals surface area contributed by atoms with Crippen LogP contribution in [0, 0.1) is 5.92 Å². The van der Waals surface area contributed by atoms with E-state index in [4.69, 9.17) is 4.98 Å². The van der Waals surface area contributed by atoms with Gasteiger partial charge in [0.2, 0.25) is 0 Å². The highest BCUT2D eigenvalue weighted by atomic mass is 32.1. The zero-order chi connectivity index (χ0) is 14.0. The van der Waals surface area contributed by atoms with Crippen LogP contribution in [0.25, 0.3) is 0 Å². The quantitative estimate of drug-likeness (QED) is 0.831. The van der Waals surface area contributed by atoms with Crippen LogP contribution in [0.15, 0.2) is 0 Å². The predicted octanol–water partition coefficient (Wildman–Crippen LogP) is 4.43. The molecule has 0 aliphatic heterocycles. The maximum absolute atomic E-state index is 5.03. The molecule has 1 aromatic heterocycles. The van der Waals surface area contributed by atoms with Crippen molar-refractivity contribution in [3.63, 3.8) is 0 Å². The van der Waals surface area contributed by atoms with E-state index in [0.29, 0.717) is 0 Å². The van der Waals surface area contributed by atoms with Gasteiger partial charge < -0.3 is 5.32 Å². The zero-order valence-corrected chi connectivity index (χ0v) is 13.8. The fourth-order valence-corrected chi connectivity index (χ4v) is 5.48. The second-order valence-corrected chi connectivity index (χ2v) is 7.74. The summed E-state index contributed by atoms with van der Waals surface area (Å²) in [7, 11) is 2.15. The van der Waals surface area contributed by atoms with Crippen molar-refractivity contribution >= 4 is 11.3 Å². The Bertz CT molecular complexity index is 432. The van der Waals surface area contributed by atoms with E-state index in [1.165, 1.54) is 74.9 Å². The van der Waals surface area contributed by atoms with Crippen LogP contribution < -0.4 is 5.32 Å². The number of hydrogen-bond acceptors (Lipinski definition) is 3. The monoisotopic (exact) mass is 292 g/mol. The minimum Gasteiger partial charge on any atom is -0.308 e. The first kappa shape index (κ1) is 14.5. The molecular weight excluding hydrogens is 264 g/mol. The van der Waals surface area contributed by atoms with Gasteiger partial charge in [0.15, 0.2) is 0 Å². The Morgan fingerprint density at radius 3 is 2.90 bits per heavy atom. The van der Waals surface area contributed by atoms with Gasteiger partial charge >= 0.3 is 0 Å². The summed E-state index contributed by atoms with van der Waals surface area (Å²) < 4.78 is 0. The van der Waals surface area contributed by atoms with Gasteiger partial charge in [-0.1, -0.05) is 32.6 Å². The van der Waals surface area contributed by atoms with Crippen LogP contribution >= 0.6 is 11.3 Å². The van der Waals surface area contributed by atoms with Crippen molar-refractivity contribution in [2.75, 3.05) is 7.05 Å². The maximum atomic E-state index is 5.03. The molecule has 0 aromatic carbocycles. The second kappa shape index (κ2) is 6.15. The predicted molar refractivity (Wildman–Crippen MR) is 86.4 cm³/mol. The average molecular weight is 292 g/mol. The van der Waals surface area contributed by atoms with Gasteiger partial charge in [0.05, 0.1) is 11.2 Å². The maximum Gasteiger partial charge on any atom is 0.113 e. The lowest BCUT2D eigenvalue weighted by molar-refractivity contribution is 0.304. The largest absolute Gasteiger partial charge is 0.308 e. The molecular formula is C17H28N2S. The van der Waals surface area contributed by atoms with E-state index in [2.05, 4.69) is 19.3 Å². The molecule has 0 spiro atoms. The van der Waals surface area contributed by atoms with Gasteiger partial charge in [0.1, 0.15) is 5.01 Å². The molecule has 2 aliphatic rings.